The Balaban J connectivity index is 1.65. The quantitative estimate of drug-likeness (QED) is 0.499. The second-order valence-electron chi connectivity index (χ2n) is 9.09. The Hall–Kier alpha value is -3.06. The summed E-state index contributed by atoms with van der Waals surface area (Å²) < 4.78 is 28.5. The summed E-state index contributed by atoms with van der Waals surface area (Å²) in [6.45, 7) is 0. The lowest BCUT2D eigenvalue weighted by Gasteiger charge is -2.29. The highest BCUT2D eigenvalue weighted by Crippen LogP contribution is 2.50. The van der Waals surface area contributed by atoms with Crippen LogP contribution in [0.1, 0.15) is 44.1 Å². The minimum Gasteiger partial charge on any atom is -0.505 e. The van der Waals surface area contributed by atoms with Gasteiger partial charge in [-0.25, -0.2) is 8.78 Å². The minimum absolute atomic E-state index is 0.0544. The highest BCUT2D eigenvalue weighted by molar-refractivity contribution is 5.98. The number of nitrogens with one attached hydrogen (secondary N) is 1. The van der Waals surface area contributed by atoms with E-state index in [4.69, 9.17) is 5.73 Å². The van der Waals surface area contributed by atoms with Crippen molar-refractivity contribution in [3.63, 3.8) is 0 Å². The molecule has 0 radical (unpaired) electrons. The lowest BCUT2D eigenvalue weighted by atomic mass is 9.89. The molecule has 2 aliphatic rings. The molecule has 1 aromatic heterocycles. The van der Waals surface area contributed by atoms with Crippen molar-refractivity contribution in [1.82, 2.24) is 4.98 Å². The molecule has 0 aliphatic heterocycles. The maximum Gasteiger partial charge on any atom is 0.165 e. The zero-order valence-corrected chi connectivity index (χ0v) is 17.6. The van der Waals surface area contributed by atoms with Gasteiger partial charge in [-0.2, -0.15) is 0 Å². The van der Waals surface area contributed by atoms with Gasteiger partial charge in [0.25, 0.3) is 0 Å². The molecule has 7 heteroatoms. The molecule has 32 heavy (non-hydrogen) atoms. The number of pyridine rings is 1. The minimum atomic E-state index is -0.886. The third-order valence-corrected chi connectivity index (χ3v) is 6.89. The molecule has 4 N–H and O–H groups in total. The number of aldehydes is 1. The number of hydrogen-bond acceptors (Lipinski definition) is 5. The van der Waals surface area contributed by atoms with E-state index in [0.717, 1.165) is 73.6 Å². The first kappa shape index (κ1) is 20.8. The van der Waals surface area contributed by atoms with Crippen molar-refractivity contribution in [3.05, 3.63) is 53.7 Å². The molecule has 2 aromatic carbocycles. The van der Waals surface area contributed by atoms with Crippen molar-refractivity contribution in [1.29, 1.82) is 0 Å². The van der Waals surface area contributed by atoms with E-state index in [9.17, 15) is 18.7 Å². The highest BCUT2D eigenvalue weighted by atomic mass is 19.1. The van der Waals surface area contributed by atoms with Crippen LogP contribution < -0.4 is 11.1 Å². The van der Waals surface area contributed by atoms with Gasteiger partial charge in [-0.05, 0) is 62.3 Å². The number of aromatic hydroxyl groups is 1. The molecule has 0 amide bonds. The summed E-state index contributed by atoms with van der Waals surface area (Å²) in [5.74, 6) is -2.33. The molecule has 2 saturated carbocycles. The first-order chi connectivity index (χ1) is 15.4. The van der Waals surface area contributed by atoms with Crippen molar-refractivity contribution >= 4 is 22.9 Å². The number of fused-ring (bicyclic) bond motifs is 1. The van der Waals surface area contributed by atoms with Gasteiger partial charge in [-0.1, -0.05) is 6.07 Å². The van der Waals surface area contributed by atoms with E-state index in [2.05, 4.69) is 10.3 Å². The van der Waals surface area contributed by atoms with E-state index in [-0.39, 0.29) is 17.6 Å². The largest absolute Gasteiger partial charge is 0.505 e. The molecule has 0 saturated heterocycles. The highest BCUT2D eigenvalue weighted by Gasteiger charge is 2.46. The Morgan fingerprint density at radius 1 is 1.09 bits per heavy atom. The molecule has 5 rings (SSSR count). The number of nitrogens with two attached hydrogens (primary N) is 1. The van der Waals surface area contributed by atoms with E-state index in [1.807, 2.05) is 0 Å². The Labute approximate surface area is 184 Å². The number of aromatic nitrogens is 1. The summed E-state index contributed by atoms with van der Waals surface area (Å²) in [7, 11) is 0. The Kier molecular flexibility index (Phi) is 5.08. The van der Waals surface area contributed by atoms with Crippen LogP contribution in [0.15, 0.2) is 36.5 Å². The van der Waals surface area contributed by atoms with E-state index >= 15 is 0 Å². The predicted molar refractivity (Wildman–Crippen MR) is 120 cm³/mol. The average molecular weight is 437 g/mol. The van der Waals surface area contributed by atoms with Gasteiger partial charge in [0.05, 0.1) is 10.9 Å². The fourth-order valence-electron chi connectivity index (χ4n) is 4.70. The van der Waals surface area contributed by atoms with Gasteiger partial charge in [0.2, 0.25) is 0 Å². The first-order valence-electron chi connectivity index (χ1n) is 11.0. The van der Waals surface area contributed by atoms with Crippen molar-refractivity contribution in [2.45, 2.75) is 56.0 Å². The van der Waals surface area contributed by atoms with Crippen LogP contribution in [-0.2, 0) is 10.2 Å². The summed E-state index contributed by atoms with van der Waals surface area (Å²) in [5.41, 5.74) is 8.44. The van der Waals surface area contributed by atoms with Gasteiger partial charge < -0.3 is 21.0 Å². The maximum absolute atomic E-state index is 14.5. The summed E-state index contributed by atoms with van der Waals surface area (Å²) in [5, 5.41) is 13.9. The number of carbonyl (C=O) groups is 1. The molecule has 3 aromatic rings. The van der Waals surface area contributed by atoms with Crippen molar-refractivity contribution in [2.24, 2.45) is 5.73 Å². The zero-order valence-electron chi connectivity index (χ0n) is 17.6. The summed E-state index contributed by atoms with van der Waals surface area (Å²) in [4.78, 5) is 16.5. The molecule has 2 aliphatic carbocycles. The SMILES string of the molecule is NC1CCC(Nc2c(C3(C=O)CC3)cnc3ccc(-c4cc(F)c(O)cc4F)cc23)CC1. The number of carbonyl (C=O) groups excluding carboxylic acids is 1. The molecule has 2 fully saturated rings. The Morgan fingerprint density at radius 3 is 2.53 bits per heavy atom. The van der Waals surface area contributed by atoms with Gasteiger partial charge in [0.15, 0.2) is 11.6 Å². The Morgan fingerprint density at radius 2 is 1.84 bits per heavy atom. The third-order valence-electron chi connectivity index (χ3n) is 6.89. The van der Waals surface area contributed by atoms with Crippen LogP contribution in [0.2, 0.25) is 0 Å². The van der Waals surface area contributed by atoms with Crippen molar-refractivity contribution < 1.29 is 18.7 Å². The normalized spacial score (nSPS) is 22.0. The molecule has 0 spiro atoms. The molecule has 0 atom stereocenters. The topological polar surface area (TPSA) is 88.2 Å². The van der Waals surface area contributed by atoms with Crippen molar-refractivity contribution in [3.8, 4) is 16.9 Å². The second kappa shape index (κ2) is 7.81. The molecule has 5 nitrogen and oxygen atoms in total. The average Bonchev–Trinajstić information content (AvgIpc) is 3.59. The zero-order chi connectivity index (χ0) is 22.5. The number of phenolic OH excluding ortho intramolecular Hbond substituents is 1. The van der Waals surface area contributed by atoms with Crippen LogP contribution in [0, 0.1) is 11.6 Å². The van der Waals surface area contributed by atoms with E-state index in [1.54, 1.807) is 24.4 Å². The molecular weight excluding hydrogens is 412 g/mol. The number of nitrogens with zero attached hydrogens (tertiary/aromatic N) is 1. The predicted octanol–water partition coefficient (Wildman–Crippen LogP) is 4.80. The molecular formula is C25H25F2N3O2. The number of rotatable bonds is 5. The number of phenols is 1. The summed E-state index contributed by atoms with van der Waals surface area (Å²) in [6.07, 6.45) is 8.01. The first-order valence-corrected chi connectivity index (χ1v) is 11.0. The van der Waals surface area contributed by atoms with Crippen LogP contribution in [0.4, 0.5) is 14.5 Å². The van der Waals surface area contributed by atoms with Crippen LogP contribution in [0.5, 0.6) is 5.75 Å². The van der Waals surface area contributed by atoms with Crippen LogP contribution in [0.25, 0.3) is 22.0 Å². The van der Waals surface area contributed by atoms with Gasteiger partial charge in [-0.3, -0.25) is 4.98 Å². The lowest BCUT2D eigenvalue weighted by molar-refractivity contribution is -0.109. The standard InChI is InChI=1S/C25H25F2N3O2/c26-20-11-23(32)21(27)10-17(20)14-1-6-22-18(9-14)24(30-16-4-2-15(28)3-5-16)19(12-29-22)25(13-31)7-8-25/h1,6,9-13,15-16,32H,2-5,7-8,28H2,(H,29,30). The van der Waals surface area contributed by atoms with Gasteiger partial charge in [-0.15, -0.1) is 0 Å². The van der Waals surface area contributed by atoms with Crippen LogP contribution in [0.3, 0.4) is 0 Å². The van der Waals surface area contributed by atoms with E-state index in [0.29, 0.717) is 11.1 Å². The monoisotopic (exact) mass is 437 g/mol. The summed E-state index contributed by atoms with van der Waals surface area (Å²) >= 11 is 0. The van der Waals surface area contributed by atoms with Crippen LogP contribution in [-0.4, -0.2) is 28.5 Å². The fraction of sp³-hybridized carbons (Fsp3) is 0.360. The fourth-order valence-corrected chi connectivity index (χ4v) is 4.70. The maximum atomic E-state index is 14.5. The number of anilines is 1. The number of halogens is 2. The van der Waals surface area contributed by atoms with Gasteiger partial charge in [0.1, 0.15) is 12.1 Å². The summed E-state index contributed by atoms with van der Waals surface area (Å²) in [6, 6.07) is 7.42. The lowest BCUT2D eigenvalue weighted by Crippen LogP contribution is -2.33. The third kappa shape index (κ3) is 3.60. The molecule has 166 valence electrons. The van der Waals surface area contributed by atoms with Crippen molar-refractivity contribution in [2.75, 3.05) is 5.32 Å². The second-order valence-corrected chi connectivity index (χ2v) is 9.09. The number of hydrogen-bond donors (Lipinski definition) is 3. The Bertz CT molecular complexity index is 1200. The number of benzene rings is 2. The van der Waals surface area contributed by atoms with Gasteiger partial charge in [0, 0.05) is 46.5 Å². The molecule has 0 bridgehead atoms. The molecule has 0 unspecified atom stereocenters. The molecule has 1 heterocycles. The van der Waals surface area contributed by atoms with Gasteiger partial charge >= 0.3 is 0 Å². The van der Waals surface area contributed by atoms with E-state index < -0.39 is 22.8 Å². The smallest absolute Gasteiger partial charge is 0.165 e. The van der Waals surface area contributed by atoms with E-state index in [1.165, 1.54) is 0 Å². The van der Waals surface area contributed by atoms with Crippen LogP contribution >= 0.6 is 0 Å².